The van der Waals surface area contributed by atoms with Gasteiger partial charge in [0.05, 0.1) is 0 Å². The lowest BCUT2D eigenvalue weighted by molar-refractivity contribution is -0.117. The number of hydrogen-bond acceptors (Lipinski definition) is 4. The lowest BCUT2D eigenvalue weighted by Crippen LogP contribution is -2.48. The molecule has 4 nitrogen and oxygen atoms in total. The summed E-state index contributed by atoms with van der Waals surface area (Å²) in [4.78, 5) is 27.4. The van der Waals surface area contributed by atoms with Crippen LogP contribution in [0.4, 0.5) is 4.79 Å². The molecule has 0 spiro atoms. The van der Waals surface area contributed by atoms with Crippen molar-refractivity contribution in [2.45, 2.75) is 52.7 Å². The number of carbonyl (C=O) groups excluding carboxylic acids is 2. The van der Waals surface area contributed by atoms with Gasteiger partial charge in [-0.3, -0.25) is 4.90 Å². The molecule has 112 valence electrons. The van der Waals surface area contributed by atoms with Crippen LogP contribution in [0.2, 0.25) is 0 Å². The Bertz CT molecular complexity index is 516. The van der Waals surface area contributed by atoms with Gasteiger partial charge in [-0.2, -0.15) is 0 Å². The summed E-state index contributed by atoms with van der Waals surface area (Å²) in [5.41, 5.74) is -0.755. The summed E-state index contributed by atoms with van der Waals surface area (Å²) in [5, 5.41) is 0. The highest BCUT2D eigenvalue weighted by Crippen LogP contribution is 2.33. The van der Waals surface area contributed by atoms with E-state index in [-0.39, 0.29) is 0 Å². The third-order valence-electron chi connectivity index (χ3n) is 3.18. The number of aryl methyl sites for hydroxylation is 2. The van der Waals surface area contributed by atoms with E-state index in [9.17, 15) is 9.59 Å². The Morgan fingerprint density at radius 1 is 1.30 bits per heavy atom. The Hall–Kier alpha value is -1.36. The maximum absolute atomic E-state index is 12.2. The van der Waals surface area contributed by atoms with Crippen LogP contribution in [-0.4, -0.2) is 29.9 Å². The van der Waals surface area contributed by atoms with Crippen LogP contribution >= 0.6 is 11.3 Å². The second-order valence-corrected chi connectivity index (χ2v) is 7.59. The molecule has 1 unspecified atom stereocenters. The van der Waals surface area contributed by atoms with Crippen molar-refractivity contribution in [3.63, 3.8) is 0 Å². The zero-order valence-electron chi connectivity index (χ0n) is 13.2. The number of thiophene rings is 1. The number of carbonyl (C=O) groups is 2. The number of ether oxygens (including phenoxy) is 1. The third kappa shape index (κ3) is 3.39. The molecule has 1 amide bonds. The predicted molar refractivity (Wildman–Crippen MR) is 81.2 cm³/mol. The molecule has 0 saturated heterocycles. The fraction of sp³-hybridized carbons (Fsp3) is 0.600. The van der Waals surface area contributed by atoms with E-state index in [0.29, 0.717) is 0 Å². The fourth-order valence-electron chi connectivity index (χ4n) is 1.98. The first-order chi connectivity index (χ1) is 9.01. The van der Waals surface area contributed by atoms with Gasteiger partial charge in [0, 0.05) is 16.8 Å². The van der Waals surface area contributed by atoms with Gasteiger partial charge in [0.2, 0.25) is 0 Å². The van der Waals surface area contributed by atoms with Crippen molar-refractivity contribution in [3.8, 4) is 0 Å². The molecule has 1 aromatic heterocycles. The van der Waals surface area contributed by atoms with Gasteiger partial charge in [-0.1, -0.05) is 0 Å². The molecule has 0 aliphatic carbocycles. The van der Waals surface area contributed by atoms with Crippen molar-refractivity contribution in [2.75, 3.05) is 7.05 Å². The summed E-state index contributed by atoms with van der Waals surface area (Å²) < 4.78 is 5.35. The van der Waals surface area contributed by atoms with Crippen LogP contribution in [0.1, 0.15) is 43.0 Å². The summed E-state index contributed by atoms with van der Waals surface area (Å²) >= 11 is 1.62. The van der Waals surface area contributed by atoms with Crippen molar-refractivity contribution < 1.29 is 14.3 Å². The molecule has 0 fully saturated rings. The summed E-state index contributed by atoms with van der Waals surface area (Å²) in [5.74, 6) is 0. The highest BCUT2D eigenvalue weighted by Gasteiger charge is 2.38. The van der Waals surface area contributed by atoms with Gasteiger partial charge in [-0.05, 0) is 53.2 Å². The van der Waals surface area contributed by atoms with E-state index in [0.717, 1.165) is 21.6 Å². The normalized spacial score (nSPS) is 14.6. The third-order valence-corrected chi connectivity index (χ3v) is 4.15. The largest absolute Gasteiger partial charge is 0.444 e. The van der Waals surface area contributed by atoms with Crippen LogP contribution in [0.3, 0.4) is 0 Å². The Kier molecular flexibility index (Phi) is 4.64. The van der Waals surface area contributed by atoms with E-state index in [2.05, 4.69) is 0 Å². The molecule has 20 heavy (non-hydrogen) atoms. The first kappa shape index (κ1) is 16.7. The van der Waals surface area contributed by atoms with Crippen LogP contribution in [-0.2, 0) is 15.1 Å². The maximum atomic E-state index is 12.2. The summed E-state index contributed by atoms with van der Waals surface area (Å²) in [6.45, 7) is 11.1. The lowest BCUT2D eigenvalue weighted by atomic mass is 9.92. The van der Waals surface area contributed by atoms with E-state index < -0.39 is 17.2 Å². The van der Waals surface area contributed by atoms with E-state index in [1.807, 2.05) is 19.9 Å². The van der Waals surface area contributed by atoms with Crippen molar-refractivity contribution in [1.82, 2.24) is 4.90 Å². The molecule has 1 heterocycles. The van der Waals surface area contributed by atoms with Gasteiger partial charge >= 0.3 is 6.09 Å². The standard InChI is InChI=1S/C15H23NO3S/c1-10-8-12(11(2)20-10)15(6,9-17)16(7)13(18)19-14(3,4)5/h8-9H,1-7H3. The molecular formula is C15H23NO3S. The Balaban J connectivity index is 3.14. The molecule has 1 rings (SSSR count). The van der Waals surface area contributed by atoms with Crippen LogP contribution in [0.15, 0.2) is 6.07 Å². The van der Waals surface area contributed by atoms with Gasteiger partial charge in [-0.25, -0.2) is 4.79 Å². The van der Waals surface area contributed by atoms with Gasteiger partial charge in [-0.15, -0.1) is 11.3 Å². The molecule has 0 saturated carbocycles. The van der Waals surface area contributed by atoms with Crippen molar-refractivity contribution >= 4 is 23.7 Å². The maximum Gasteiger partial charge on any atom is 0.411 e. The molecule has 0 radical (unpaired) electrons. The molecule has 1 atom stereocenters. The number of aldehydes is 1. The van der Waals surface area contributed by atoms with E-state index >= 15 is 0 Å². The molecule has 5 heteroatoms. The number of nitrogens with zero attached hydrogens (tertiary/aromatic N) is 1. The van der Waals surface area contributed by atoms with Crippen LogP contribution in [0, 0.1) is 13.8 Å². The smallest absolute Gasteiger partial charge is 0.411 e. The zero-order valence-corrected chi connectivity index (χ0v) is 14.1. The van der Waals surface area contributed by atoms with Crippen molar-refractivity contribution in [3.05, 3.63) is 21.4 Å². The van der Waals surface area contributed by atoms with E-state index in [1.165, 1.54) is 4.90 Å². The van der Waals surface area contributed by atoms with E-state index in [1.54, 1.807) is 46.1 Å². The molecule has 1 aromatic rings. The summed E-state index contributed by atoms with van der Waals surface area (Å²) in [6, 6.07) is 1.95. The van der Waals surface area contributed by atoms with Crippen molar-refractivity contribution in [2.24, 2.45) is 0 Å². The minimum atomic E-state index is -1.02. The Morgan fingerprint density at radius 2 is 1.85 bits per heavy atom. The zero-order chi connectivity index (χ0) is 15.7. The van der Waals surface area contributed by atoms with Crippen LogP contribution < -0.4 is 0 Å². The topological polar surface area (TPSA) is 46.6 Å². The highest BCUT2D eigenvalue weighted by atomic mass is 32.1. The second-order valence-electron chi connectivity index (χ2n) is 6.13. The molecule has 0 aliphatic heterocycles. The second kappa shape index (κ2) is 5.56. The predicted octanol–water partition coefficient (Wildman–Crippen LogP) is 3.65. The molecule has 0 N–H and O–H groups in total. The fourth-order valence-corrected chi connectivity index (χ4v) is 3.01. The summed E-state index contributed by atoms with van der Waals surface area (Å²) in [6.07, 6.45) is 0.293. The van der Waals surface area contributed by atoms with Gasteiger partial charge in [0.15, 0.2) is 0 Å². The Labute approximate surface area is 124 Å². The van der Waals surface area contributed by atoms with E-state index in [4.69, 9.17) is 4.74 Å². The first-order valence-corrected chi connectivity index (χ1v) is 7.33. The SMILES string of the molecule is Cc1cc(C(C)(C=O)N(C)C(=O)OC(C)(C)C)c(C)s1. The van der Waals surface area contributed by atoms with Gasteiger partial charge < -0.3 is 9.53 Å². The number of amides is 1. The van der Waals surface area contributed by atoms with Gasteiger partial charge in [0.25, 0.3) is 0 Å². The summed E-state index contributed by atoms with van der Waals surface area (Å²) in [7, 11) is 1.59. The minimum Gasteiger partial charge on any atom is -0.444 e. The number of likely N-dealkylation sites (N-methyl/N-ethyl adjacent to an activating group) is 1. The molecule has 0 aliphatic rings. The highest BCUT2D eigenvalue weighted by molar-refractivity contribution is 7.12. The van der Waals surface area contributed by atoms with Crippen molar-refractivity contribution in [1.29, 1.82) is 0 Å². The minimum absolute atomic E-state index is 0.504. The van der Waals surface area contributed by atoms with Gasteiger partial charge in [0.1, 0.15) is 17.4 Å². The quantitative estimate of drug-likeness (QED) is 0.800. The molecule has 0 bridgehead atoms. The number of rotatable bonds is 3. The van der Waals surface area contributed by atoms with Crippen LogP contribution in [0.25, 0.3) is 0 Å². The lowest BCUT2D eigenvalue weighted by Gasteiger charge is -2.35. The monoisotopic (exact) mass is 297 g/mol. The molecule has 0 aromatic carbocycles. The Morgan fingerprint density at radius 3 is 2.20 bits per heavy atom. The first-order valence-electron chi connectivity index (χ1n) is 6.52. The molecular weight excluding hydrogens is 274 g/mol. The van der Waals surface area contributed by atoms with Crippen LogP contribution in [0.5, 0.6) is 0 Å². The average molecular weight is 297 g/mol. The average Bonchev–Trinajstić information content (AvgIpc) is 2.64. The number of hydrogen-bond donors (Lipinski definition) is 0.